The summed E-state index contributed by atoms with van der Waals surface area (Å²) in [5.74, 6) is -0.334. The van der Waals surface area contributed by atoms with Gasteiger partial charge in [0.1, 0.15) is 30.5 Å². The molecule has 0 aromatic carbocycles. The predicted octanol–water partition coefficient (Wildman–Crippen LogP) is 9.13. The summed E-state index contributed by atoms with van der Waals surface area (Å²) >= 11 is 0. The van der Waals surface area contributed by atoms with E-state index in [-0.39, 0.29) is 19.2 Å². The highest BCUT2D eigenvalue weighted by Gasteiger charge is 2.44. The lowest BCUT2D eigenvalue weighted by Gasteiger charge is -2.39. The van der Waals surface area contributed by atoms with E-state index in [1.807, 2.05) is 0 Å². The van der Waals surface area contributed by atoms with Gasteiger partial charge in [-0.15, -0.1) is 0 Å². The summed E-state index contributed by atoms with van der Waals surface area (Å²) in [5.41, 5.74) is 0. The molecule has 1 heterocycles. The van der Waals surface area contributed by atoms with Crippen LogP contribution in [-0.4, -0.2) is 89.6 Å². The monoisotopic (exact) mass is 763 g/mol. The summed E-state index contributed by atoms with van der Waals surface area (Å²) in [6.07, 6.45) is 38.1. The molecule has 9 nitrogen and oxygen atoms in total. The molecule has 0 radical (unpaired) electrons. The van der Waals surface area contributed by atoms with Crippen molar-refractivity contribution in [2.24, 2.45) is 0 Å². The first kappa shape index (κ1) is 49.9. The molecule has 0 aliphatic carbocycles. The maximum absolute atomic E-state index is 12.7. The van der Waals surface area contributed by atoms with Crippen molar-refractivity contribution in [3.05, 3.63) is 60.8 Å². The van der Waals surface area contributed by atoms with Gasteiger partial charge in [0.05, 0.1) is 19.8 Å². The van der Waals surface area contributed by atoms with Gasteiger partial charge in [-0.25, -0.2) is 0 Å². The molecule has 0 aromatic rings. The molecule has 0 amide bonds. The van der Waals surface area contributed by atoms with Crippen LogP contribution in [0.3, 0.4) is 0 Å². The number of carbonyl (C=O) groups is 1. The highest BCUT2D eigenvalue weighted by molar-refractivity contribution is 5.69. The number of rotatable bonds is 35. The standard InChI is InChI=1S/C45H78O9/c1-3-5-7-9-11-13-15-17-18-19-20-21-23-25-27-29-31-33-35-51-37-39(38-52-45-44(50)43(49)42(48)40(36-46)54-45)53-41(47)34-32-30-28-26-24-22-16-14-12-10-8-6-4-2/h5,7-8,10-11,13-14,16-18,39-40,42-46,48-50H,3-4,6,9,12,15,19-38H2,1-2H3/b7-5-,10-8-,13-11-,16-14-,18-17-. The lowest BCUT2D eigenvalue weighted by Crippen LogP contribution is -2.59. The van der Waals surface area contributed by atoms with Crippen LogP contribution in [0.4, 0.5) is 0 Å². The Morgan fingerprint density at radius 2 is 1.13 bits per heavy atom. The molecule has 9 heteroatoms. The Kier molecular flexibility index (Phi) is 33.8. The maximum atomic E-state index is 12.7. The van der Waals surface area contributed by atoms with Crippen molar-refractivity contribution in [3.8, 4) is 0 Å². The van der Waals surface area contributed by atoms with Gasteiger partial charge < -0.3 is 39.4 Å². The molecular weight excluding hydrogens is 684 g/mol. The third-order valence-corrected chi connectivity index (χ3v) is 9.40. The highest BCUT2D eigenvalue weighted by Crippen LogP contribution is 2.22. The van der Waals surface area contributed by atoms with Crippen molar-refractivity contribution in [1.82, 2.24) is 0 Å². The first-order chi connectivity index (χ1) is 26.4. The Balaban J connectivity index is 2.29. The summed E-state index contributed by atoms with van der Waals surface area (Å²) < 4.78 is 22.8. The summed E-state index contributed by atoms with van der Waals surface area (Å²) in [7, 11) is 0. The molecule has 0 saturated carbocycles. The molecule has 0 bridgehead atoms. The van der Waals surface area contributed by atoms with Gasteiger partial charge in [-0.1, -0.05) is 139 Å². The van der Waals surface area contributed by atoms with Gasteiger partial charge in [0.2, 0.25) is 0 Å². The van der Waals surface area contributed by atoms with Gasteiger partial charge >= 0.3 is 5.97 Å². The number of esters is 1. The van der Waals surface area contributed by atoms with Crippen LogP contribution in [0.2, 0.25) is 0 Å². The second-order valence-electron chi connectivity index (χ2n) is 14.4. The SMILES string of the molecule is CC/C=C\C/C=C\C/C=C\CCCCCCCCCCOCC(COC1OC(CO)C(O)C(O)C1O)OC(=O)CCCCCCC/C=C\C/C=C\CCC. The minimum absolute atomic E-state index is 0.125. The van der Waals surface area contributed by atoms with Crippen LogP contribution in [0.15, 0.2) is 60.8 Å². The van der Waals surface area contributed by atoms with Crippen LogP contribution in [-0.2, 0) is 23.7 Å². The second kappa shape index (κ2) is 36.5. The van der Waals surface area contributed by atoms with Crippen molar-refractivity contribution < 1.29 is 44.2 Å². The summed E-state index contributed by atoms with van der Waals surface area (Å²) in [6, 6.07) is 0. The third kappa shape index (κ3) is 27.5. The number of carbonyl (C=O) groups excluding carboxylic acids is 1. The smallest absolute Gasteiger partial charge is 0.306 e. The van der Waals surface area contributed by atoms with Crippen LogP contribution in [0.5, 0.6) is 0 Å². The summed E-state index contributed by atoms with van der Waals surface area (Å²) in [6.45, 7) is 4.33. The van der Waals surface area contributed by atoms with Gasteiger partial charge in [-0.2, -0.15) is 0 Å². The Morgan fingerprint density at radius 1 is 0.611 bits per heavy atom. The molecular formula is C45H78O9. The van der Waals surface area contributed by atoms with E-state index >= 15 is 0 Å². The van der Waals surface area contributed by atoms with Crippen LogP contribution < -0.4 is 0 Å². The fourth-order valence-electron chi connectivity index (χ4n) is 6.07. The van der Waals surface area contributed by atoms with E-state index in [1.54, 1.807) is 0 Å². The molecule has 312 valence electrons. The van der Waals surface area contributed by atoms with Gasteiger partial charge in [0.15, 0.2) is 6.29 Å². The number of hydrogen-bond donors (Lipinski definition) is 4. The number of allylic oxidation sites excluding steroid dienone is 10. The molecule has 0 spiro atoms. The van der Waals surface area contributed by atoms with Crippen LogP contribution in [0.1, 0.15) is 155 Å². The Bertz CT molecular complexity index is 1010. The zero-order valence-electron chi connectivity index (χ0n) is 34.0. The average Bonchev–Trinajstić information content (AvgIpc) is 3.17. The lowest BCUT2D eigenvalue weighted by molar-refractivity contribution is -0.305. The molecule has 0 aromatic heterocycles. The second-order valence-corrected chi connectivity index (χ2v) is 14.4. The number of aliphatic hydroxyl groups excluding tert-OH is 4. The van der Waals surface area contributed by atoms with Crippen molar-refractivity contribution in [2.75, 3.05) is 26.4 Å². The molecule has 6 unspecified atom stereocenters. The number of ether oxygens (including phenoxy) is 4. The van der Waals surface area contributed by atoms with E-state index in [0.717, 1.165) is 96.3 Å². The maximum Gasteiger partial charge on any atom is 0.306 e. The van der Waals surface area contributed by atoms with E-state index in [9.17, 15) is 25.2 Å². The van der Waals surface area contributed by atoms with Crippen LogP contribution in [0, 0.1) is 0 Å². The van der Waals surface area contributed by atoms with Crippen molar-refractivity contribution in [3.63, 3.8) is 0 Å². The Morgan fingerprint density at radius 3 is 1.70 bits per heavy atom. The van der Waals surface area contributed by atoms with E-state index in [1.165, 1.54) is 38.5 Å². The largest absolute Gasteiger partial charge is 0.457 e. The zero-order valence-corrected chi connectivity index (χ0v) is 34.0. The minimum Gasteiger partial charge on any atom is -0.457 e. The number of unbranched alkanes of at least 4 members (excludes halogenated alkanes) is 14. The molecule has 1 aliphatic rings. The van der Waals surface area contributed by atoms with Crippen LogP contribution in [0.25, 0.3) is 0 Å². The first-order valence-corrected chi connectivity index (χ1v) is 21.4. The molecule has 1 fully saturated rings. The Hall–Kier alpha value is -2.11. The van der Waals surface area contributed by atoms with Crippen LogP contribution >= 0.6 is 0 Å². The fraction of sp³-hybridized carbons (Fsp3) is 0.756. The number of hydrogen-bond acceptors (Lipinski definition) is 9. The predicted molar refractivity (Wildman–Crippen MR) is 219 cm³/mol. The third-order valence-electron chi connectivity index (χ3n) is 9.40. The highest BCUT2D eigenvalue weighted by atomic mass is 16.7. The quantitative estimate of drug-likeness (QED) is 0.0283. The molecule has 54 heavy (non-hydrogen) atoms. The average molecular weight is 763 g/mol. The molecule has 6 atom stereocenters. The summed E-state index contributed by atoms with van der Waals surface area (Å²) in [5, 5.41) is 40.0. The van der Waals surface area contributed by atoms with Crippen molar-refractivity contribution >= 4 is 5.97 Å². The van der Waals surface area contributed by atoms with Gasteiger partial charge in [0.25, 0.3) is 0 Å². The normalized spacial score (nSPS) is 21.5. The van der Waals surface area contributed by atoms with Gasteiger partial charge in [0, 0.05) is 13.0 Å². The van der Waals surface area contributed by atoms with Gasteiger partial charge in [-0.3, -0.25) is 4.79 Å². The number of aliphatic hydroxyl groups is 4. The molecule has 1 saturated heterocycles. The van der Waals surface area contributed by atoms with Crippen molar-refractivity contribution in [2.45, 2.75) is 192 Å². The molecule has 4 N–H and O–H groups in total. The lowest BCUT2D eigenvalue weighted by atomic mass is 9.99. The zero-order chi connectivity index (χ0) is 39.3. The van der Waals surface area contributed by atoms with Crippen molar-refractivity contribution in [1.29, 1.82) is 0 Å². The minimum atomic E-state index is -1.54. The topological polar surface area (TPSA) is 135 Å². The fourth-order valence-corrected chi connectivity index (χ4v) is 6.07. The van der Waals surface area contributed by atoms with Gasteiger partial charge in [-0.05, 0) is 70.6 Å². The molecule has 1 rings (SSSR count). The molecule has 1 aliphatic heterocycles. The van der Waals surface area contributed by atoms with E-state index in [4.69, 9.17) is 18.9 Å². The Labute approximate surface area is 328 Å². The van der Waals surface area contributed by atoms with E-state index < -0.39 is 43.4 Å². The van der Waals surface area contributed by atoms with E-state index in [2.05, 4.69) is 74.6 Å². The van der Waals surface area contributed by atoms with E-state index in [0.29, 0.717) is 13.0 Å². The summed E-state index contributed by atoms with van der Waals surface area (Å²) in [4.78, 5) is 12.7. The first-order valence-electron chi connectivity index (χ1n) is 21.4.